The predicted octanol–water partition coefficient (Wildman–Crippen LogP) is 4.27. The van der Waals surface area contributed by atoms with Gasteiger partial charge in [-0.3, -0.25) is 4.79 Å². The Morgan fingerprint density at radius 1 is 1.15 bits per heavy atom. The molecule has 3 aliphatic carbocycles. The molecule has 1 aromatic rings. The summed E-state index contributed by atoms with van der Waals surface area (Å²) >= 11 is 0. The number of amides is 1. The zero-order chi connectivity index (χ0) is 17.4. The predicted molar refractivity (Wildman–Crippen MR) is 100 cm³/mol. The summed E-state index contributed by atoms with van der Waals surface area (Å²) in [4.78, 5) is 12.5. The summed E-state index contributed by atoms with van der Waals surface area (Å²) in [6.07, 6.45) is 4.29. The van der Waals surface area contributed by atoms with Gasteiger partial charge in [-0.2, -0.15) is 0 Å². The Labute approximate surface area is 159 Å². The quantitative estimate of drug-likeness (QED) is 0.768. The molecule has 3 aliphatic rings. The van der Waals surface area contributed by atoms with Gasteiger partial charge in [0, 0.05) is 36.4 Å². The third-order valence-corrected chi connectivity index (χ3v) is 5.79. The minimum Gasteiger partial charge on any atom is -0.349 e. The van der Waals surface area contributed by atoms with Crippen LogP contribution >= 0.6 is 12.4 Å². The lowest BCUT2D eigenvalue weighted by Crippen LogP contribution is -2.40. The molecule has 0 saturated heterocycles. The van der Waals surface area contributed by atoms with E-state index in [0.29, 0.717) is 30.4 Å². The number of carbonyl (C=O) groups is 1. The van der Waals surface area contributed by atoms with Crippen molar-refractivity contribution in [2.45, 2.75) is 68.9 Å². The topological polar surface area (TPSA) is 41.1 Å². The van der Waals surface area contributed by atoms with Gasteiger partial charge in [0.05, 0.1) is 0 Å². The Balaban J connectivity index is 0.00000196. The minimum absolute atomic E-state index is 0. The van der Waals surface area contributed by atoms with Gasteiger partial charge in [-0.1, -0.05) is 12.1 Å². The zero-order valence-electron chi connectivity index (χ0n) is 14.8. The summed E-state index contributed by atoms with van der Waals surface area (Å²) < 4.78 is 26.4. The number of alkyl halides is 2. The zero-order valence-corrected chi connectivity index (χ0v) is 15.7. The van der Waals surface area contributed by atoms with Crippen molar-refractivity contribution in [1.29, 1.82) is 0 Å². The van der Waals surface area contributed by atoms with Crippen LogP contribution in [0, 0.1) is 5.92 Å². The maximum Gasteiger partial charge on any atom is 0.251 e. The van der Waals surface area contributed by atoms with Crippen molar-refractivity contribution in [2.24, 2.45) is 5.92 Å². The molecule has 2 unspecified atom stereocenters. The highest BCUT2D eigenvalue weighted by Gasteiger charge is 2.39. The Hall–Kier alpha value is -1.20. The molecule has 1 aromatic carbocycles. The van der Waals surface area contributed by atoms with E-state index in [1.54, 1.807) is 0 Å². The van der Waals surface area contributed by atoms with Crippen molar-refractivity contribution < 1.29 is 13.6 Å². The largest absolute Gasteiger partial charge is 0.349 e. The van der Waals surface area contributed by atoms with Gasteiger partial charge < -0.3 is 10.6 Å². The van der Waals surface area contributed by atoms with Crippen LogP contribution in [-0.2, 0) is 0 Å². The first kappa shape index (κ1) is 19.6. The molecule has 0 aliphatic heterocycles. The number of benzene rings is 1. The van der Waals surface area contributed by atoms with Crippen LogP contribution in [0.2, 0.25) is 0 Å². The second kappa shape index (κ2) is 7.81. The Morgan fingerprint density at radius 2 is 1.88 bits per heavy atom. The molecule has 1 amide bonds. The summed E-state index contributed by atoms with van der Waals surface area (Å²) in [5, 5.41) is 6.55. The lowest BCUT2D eigenvalue weighted by atomic mass is 9.92. The Bertz CT molecular complexity index is 640. The van der Waals surface area contributed by atoms with Crippen LogP contribution in [0.1, 0.15) is 66.8 Å². The highest BCUT2D eigenvalue weighted by atomic mass is 35.5. The molecule has 0 bridgehead atoms. The summed E-state index contributed by atoms with van der Waals surface area (Å²) in [6.45, 7) is 1.12. The molecule has 0 heterocycles. The summed E-state index contributed by atoms with van der Waals surface area (Å²) in [6, 6.07) is 8.20. The first-order chi connectivity index (χ1) is 12.0. The van der Waals surface area contributed by atoms with Crippen molar-refractivity contribution in [2.75, 3.05) is 6.54 Å². The van der Waals surface area contributed by atoms with Gasteiger partial charge in [-0.05, 0) is 62.3 Å². The maximum atomic E-state index is 13.2. The van der Waals surface area contributed by atoms with Gasteiger partial charge in [-0.25, -0.2) is 8.78 Å². The van der Waals surface area contributed by atoms with Crippen molar-refractivity contribution >= 4 is 18.3 Å². The summed E-state index contributed by atoms with van der Waals surface area (Å²) in [5.41, 5.74) is 1.85. The van der Waals surface area contributed by atoms with Gasteiger partial charge in [0.2, 0.25) is 5.92 Å². The SMILES string of the molecule is Cl.O=C(NC1CCC(F)(F)CC1)c1cccc(C2CC2NCC2CC2)c1. The van der Waals surface area contributed by atoms with E-state index in [1.807, 2.05) is 18.2 Å². The molecule has 144 valence electrons. The molecule has 3 fully saturated rings. The first-order valence-corrected chi connectivity index (χ1v) is 9.52. The van der Waals surface area contributed by atoms with Crippen LogP contribution in [0.15, 0.2) is 24.3 Å². The van der Waals surface area contributed by atoms with E-state index in [-0.39, 0.29) is 37.2 Å². The van der Waals surface area contributed by atoms with E-state index in [1.165, 1.54) is 18.4 Å². The van der Waals surface area contributed by atoms with Crippen LogP contribution in [-0.4, -0.2) is 30.5 Å². The monoisotopic (exact) mass is 384 g/mol. The fourth-order valence-electron chi connectivity index (χ4n) is 3.79. The van der Waals surface area contributed by atoms with Crippen molar-refractivity contribution in [3.05, 3.63) is 35.4 Å². The standard InChI is InChI=1S/C20H26F2N2O.ClH/c21-20(22)8-6-16(7-9-20)24-19(25)15-3-1-2-14(10-15)17-11-18(17)23-12-13-4-5-13;/h1-3,10,13,16-18,23H,4-9,11-12H2,(H,24,25);1H. The molecule has 3 saturated carbocycles. The molecule has 26 heavy (non-hydrogen) atoms. The van der Waals surface area contributed by atoms with Crippen molar-refractivity contribution in [3.63, 3.8) is 0 Å². The fraction of sp³-hybridized carbons (Fsp3) is 0.650. The molecule has 3 nitrogen and oxygen atoms in total. The normalized spacial score (nSPS) is 27.5. The van der Waals surface area contributed by atoms with Gasteiger partial charge in [0.1, 0.15) is 0 Å². The highest BCUT2D eigenvalue weighted by molar-refractivity contribution is 5.94. The number of hydrogen-bond donors (Lipinski definition) is 2. The third kappa shape index (κ3) is 4.95. The number of carbonyl (C=O) groups excluding carboxylic acids is 1. The van der Waals surface area contributed by atoms with Crippen LogP contribution in [0.5, 0.6) is 0 Å². The summed E-state index contributed by atoms with van der Waals surface area (Å²) in [5.74, 6) is -1.32. The van der Waals surface area contributed by atoms with Gasteiger partial charge >= 0.3 is 0 Å². The Morgan fingerprint density at radius 3 is 2.58 bits per heavy atom. The number of rotatable bonds is 6. The van der Waals surface area contributed by atoms with Crippen molar-refractivity contribution in [1.82, 2.24) is 10.6 Å². The van der Waals surface area contributed by atoms with E-state index < -0.39 is 5.92 Å². The third-order valence-electron chi connectivity index (χ3n) is 5.79. The lowest BCUT2D eigenvalue weighted by molar-refractivity contribution is -0.0399. The molecule has 4 rings (SSSR count). The average molecular weight is 385 g/mol. The molecule has 0 aromatic heterocycles. The van der Waals surface area contributed by atoms with Gasteiger partial charge in [0.15, 0.2) is 0 Å². The van der Waals surface area contributed by atoms with Crippen LogP contribution < -0.4 is 10.6 Å². The maximum absolute atomic E-state index is 13.2. The first-order valence-electron chi connectivity index (χ1n) is 9.52. The number of nitrogens with one attached hydrogen (secondary N) is 2. The minimum atomic E-state index is -2.56. The van der Waals surface area contributed by atoms with Gasteiger partial charge in [-0.15, -0.1) is 12.4 Å². The van der Waals surface area contributed by atoms with E-state index in [9.17, 15) is 13.6 Å². The van der Waals surface area contributed by atoms with Crippen LogP contribution in [0.3, 0.4) is 0 Å². The summed E-state index contributed by atoms with van der Waals surface area (Å²) in [7, 11) is 0. The number of hydrogen-bond acceptors (Lipinski definition) is 2. The molecule has 2 atom stereocenters. The number of halogens is 3. The van der Waals surface area contributed by atoms with E-state index in [2.05, 4.69) is 16.7 Å². The lowest BCUT2D eigenvalue weighted by Gasteiger charge is -2.28. The molecule has 2 N–H and O–H groups in total. The molecule has 0 radical (unpaired) electrons. The van der Waals surface area contributed by atoms with E-state index in [0.717, 1.165) is 18.9 Å². The van der Waals surface area contributed by atoms with E-state index >= 15 is 0 Å². The molecule has 6 heteroatoms. The second-order valence-corrected chi connectivity index (χ2v) is 8.03. The smallest absolute Gasteiger partial charge is 0.251 e. The van der Waals surface area contributed by atoms with Crippen LogP contribution in [0.25, 0.3) is 0 Å². The average Bonchev–Trinajstić information content (AvgIpc) is 3.49. The van der Waals surface area contributed by atoms with Crippen LogP contribution in [0.4, 0.5) is 8.78 Å². The van der Waals surface area contributed by atoms with Gasteiger partial charge in [0.25, 0.3) is 5.91 Å². The second-order valence-electron chi connectivity index (χ2n) is 8.03. The fourth-order valence-corrected chi connectivity index (χ4v) is 3.79. The molecular weight excluding hydrogens is 358 g/mol. The molecular formula is C20H27ClF2N2O. The van der Waals surface area contributed by atoms with E-state index in [4.69, 9.17) is 0 Å². The Kier molecular flexibility index (Phi) is 5.88. The molecule has 0 spiro atoms. The van der Waals surface area contributed by atoms with Crippen molar-refractivity contribution in [3.8, 4) is 0 Å². The highest BCUT2D eigenvalue weighted by Crippen LogP contribution is 2.42.